The van der Waals surface area contributed by atoms with Gasteiger partial charge in [0.05, 0.1) is 5.60 Å². The van der Waals surface area contributed by atoms with Crippen molar-refractivity contribution in [2.75, 3.05) is 13.1 Å². The first-order chi connectivity index (χ1) is 13.0. The van der Waals surface area contributed by atoms with Crippen LogP contribution in [0, 0.1) is 0 Å². The van der Waals surface area contributed by atoms with Crippen molar-refractivity contribution in [2.45, 2.75) is 42.1 Å². The van der Waals surface area contributed by atoms with Crippen molar-refractivity contribution >= 4 is 27.3 Å². The average molecular weight is 426 g/mol. The maximum absolute atomic E-state index is 12.6. The Morgan fingerprint density at radius 1 is 1.21 bits per heavy atom. The summed E-state index contributed by atoms with van der Waals surface area (Å²) in [7, 11) is -3.54. The largest absolute Gasteiger partial charge is 0.478 e. The molecule has 2 N–H and O–H groups in total. The highest BCUT2D eigenvalue weighted by atomic mass is 32.2. The average Bonchev–Trinajstić information content (AvgIpc) is 3.17. The molecule has 7 nitrogen and oxygen atoms in total. The number of hydrogen-bond donors (Lipinski definition) is 2. The molecule has 0 saturated carbocycles. The first kappa shape index (κ1) is 20.8. The molecule has 1 saturated heterocycles. The summed E-state index contributed by atoms with van der Waals surface area (Å²) in [6, 6.07) is 9.95. The summed E-state index contributed by atoms with van der Waals surface area (Å²) in [5.74, 6) is -0.754. The summed E-state index contributed by atoms with van der Waals surface area (Å²) in [4.78, 5) is 11.3. The maximum atomic E-state index is 12.6. The number of aliphatic hydroxyl groups is 1. The van der Waals surface area contributed by atoms with Gasteiger partial charge in [-0.1, -0.05) is 18.2 Å². The highest BCUT2D eigenvalue weighted by Gasteiger charge is 2.39. The van der Waals surface area contributed by atoms with Gasteiger partial charge >= 0.3 is 5.97 Å². The first-order valence-electron chi connectivity index (χ1n) is 8.84. The van der Waals surface area contributed by atoms with E-state index in [1.165, 1.54) is 29.5 Å². The Hall–Kier alpha value is -1.94. The summed E-state index contributed by atoms with van der Waals surface area (Å²) in [6.45, 7) is 3.29. The zero-order chi connectivity index (χ0) is 20.6. The fourth-order valence-electron chi connectivity index (χ4n) is 3.11. The first-order valence-corrected chi connectivity index (χ1v) is 11.2. The Labute approximate surface area is 168 Å². The third kappa shape index (κ3) is 4.07. The standard InChI is InChI=1S/C19H23NO6S2/c1-18(2,17(21)22)26-15-6-3-5-14(13-15)19(23)8-10-20(11-9-19)28(24,25)16-7-4-12-27-16/h3-7,12-13,23H,8-11H2,1-2H3,(H,21,22). The fourth-order valence-corrected chi connectivity index (χ4v) is 5.70. The van der Waals surface area contributed by atoms with E-state index < -0.39 is 27.2 Å². The number of sulfonamides is 1. The molecule has 1 aliphatic rings. The van der Waals surface area contributed by atoms with Gasteiger partial charge in [0.25, 0.3) is 10.0 Å². The quantitative estimate of drug-likeness (QED) is 0.737. The monoisotopic (exact) mass is 425 g/mol. The molecule has 1 aromatic carbocycles. The molecule has 28 heavy (non-hydrogen) atoms. The van der Waals surface area contributed by atoms with Gasteiger partial charge in [0.2, 0.25) is 0 Å². The lowest BCUT2D eigenvalue weighted by molar-refractivity contribution is -0.152. The molecule has 3 rings (SSSR count). The zero-order valence-electron chi connectivity index (χ0n) is 15.7. The number of carboxylic acids is 1. The van der Waals surface area contributed by atoms with Crippen LogP contribution in [0.3, 0.4) is 0 Å². The van der Waals surface area contributed by atoms with Gasteiger partial charge in [-0.3, -0.25) is 0 Å². The van der Waals surface area contributed by atoms with Gasteiger partial charge in [0, 0.05) is 13.1 Å². The van der Waals surface area contributed by atoms with Crippen LogP contribution in [0.1, 0.15) is 32.3 Å². The Balaban J connectivity index is 1.75. The SMILES string of the molecule is CC(C)(Oc1cccc(C2(O)CCN(S(=O)(=O)c3cccs3)CC2)c1)C(=O)O. The molecule has 0 aliphatic carbocycles. The van der Waals surface area contributed by atoms with E-state index in [0.29, 0.717) is 15.5 Å². The normalized spacial score (nSPS) is 18.0. The molecule has 0 amide bonds. The highest BCUT2D eigenvalue weighted by molar-refractivity contribution is 7.91. The minimum absolute atomic E-state index is 0.197. The van der Waals surface area contributed by atoms with Crippen molar-refractivity contribution in [2.24, 2.45) is 0 Å². The molecule has 0 spiro atoms. The molecular weight excluding hydrogens is 402 g/mol. The minimum atomic E-state index is -3.54. The van der Waals surface area contributed by atoms with Crippen molar-refractivity contribution in [1.82, 2.24) is 4.31 Å². The van der Waals surface area contributed by atoms with Gasteiger partial charge in [-0.15, -0.1) is 11.3 Å². The van der Waals surface area contributed by atoms with E-state index in [9.17, 15) is 23.4 Å². The second-order valence-corrected chi connectivity index (χ2v) is 10.4. The molecule has 2 aromatic rings. The molecule has 1 fully saturated rings. The van der Waals surface area contributed by atoms with Gasteiger partial charge in [-0.2, -0.15) is 4.31 Å². The van der Waals surface area contributed by atoms with E-state index in [-0.39, 0.29) is 25.9 Å². The third-order valence-corrected chi connectivity index (χ3v) is 8.17. The van der Waals surface area contributed by atoms with Gasteiger partial charge in [0.15, 0.2) is 5.60 Å². The second-order valence-electron chi connectivity index (χ2n) is 7.31. The number of thiophene rings is 1. The van der Waals surface area contributed by atoms with Crippen LogP contribution in [-0.4, -0.2) is 47.6 Å². The molecular formula is C19H23NO6S2. The van der Waals surface area contributed by atoms with Gasteiger partial charge in [0.1, 0.15) is 9.96 Å². The van der Waals surface area contributed by atoms with E-state index in [0.717, 1.165) is 0 Å². The molecule has 1 aromatic heterocycles. The summed E-state index contributed by atoms with van der Waals surface area (Å²) >= 11 is 1.17. The number of nitrogens with zero attached hydrogens (tertiary/aromatic N) is 1. The summed E-state index contributed by atoms with van der Waals surface area (Å²) < 4.78 is 32.5. The van der Waals surface area contributed by atoms with Gasteiger partial charge in [-0.05, 0) is 55.8 Å². The lowest BCUT2D eigenvalue weighted by Gasteiger charge is -2.38. The molecule has 9 heteroatoms. The number of carbonyl (C=O) groups is 1. The number of hydrogen-bond acceptors (Lipinski definition) is 6. The number of aliphatic carboxylic acids is 1. The predicted molar refractivity (Wildman–Crippen MR) is 105 cm³/mol. The number of carboxylic acid groups (broad SMARTS) is 1. The van der Waals surface area contributed by atoms with Crippen LogP contribution in [0.2, 0.25) is 0 Å². The molecule has 0 atom stereocenters. The van der Waals surface area contributed by atoms with Crippen molar-refractivity contribution in [3.8, 4) is 5.75 Å². The molecule has 0 bridgehead atoms. The van der Waals surface area contributed by atoms with Crippen LogP contribution in [-0.2, 0) is 20.4 Å². The van der Waals surface area contributed by atoms with Gasteiger partial charge in [-0.25, -0.2) is 13.2 Å². The zero-order valence-corrected chi connectivity index (χ0v) is 17.3. The van der Waals surface area contributed by atoms with E-state index >= 15 is 0 Å². The van der Waals surface area contributed by atoms with Crippen LogP contribution in [0.5, 0.6) is 5.75 Å². The lowest BCUT2D eigenvalue weighted by Crippen LogP contribution is -2.45. The molecule has 0 unspecified atom stereocenters. The number of rotatable bonds is 6. The number of benzene rings is 1. The van der Waals surface area contributed by atoms with Crippen LogP contribution in [0.25, 0.3) is 0 Å². The highest BCUT2D eigenvalue weighted by Crippen LogP contribution is 2.37. The van der Waals surface area contributed by atoms with Crippen LogP contribution in [0.15, 0.2) is 46.0 Å². The van der Waals surface area contributed by atoms with Gasteiger partial charge < -0.3 is 14.9 Å². The lowest BCUT2D eigenvalue weighted by atomic mass is 9.85. The van der Waals surface area contributed by atoms with Crippen LogP contribution in [0.4, 0.5) is 0 Å². The third-order valence-electron chi connectivity index (χ3n) is 4.90. The summed E-state index contributed by atoms with van der Waals surface area (Å²) in [6.07, 6.45) is 0.479. The van der Waals surface area contributed by atoms with E-state index in [4.69, 9.17) is 4.74 Å². The molecule has 1 aliphatic heterocycles. The Morgan fingerprint density at radius 3 is 2.46 bits per heavy atom. The predicted octanol–water partition coefficient (Wildman–Crippen LogP) is 2.66. The fraction of sp³-hybridized carbons (Fsp3) is 0.421. The minimum Gasteiger partial charge on any atom is -0.478 e. The summed E-state index contributed by atoms with van der Waals surface area (Å²) in [5.41, 5.74) is -2.02. The van der Waals surface area contributed by atoms with Crippen molar-refractivity contribution < 1.29 is 28.2 Å². The molecule has 0 radical (unpaired) electrons. The van der Waals surface area contributed by atoms with E-state index in [1.807, 2.05) is 0 Å². The van der Waals surface area contributed by atoms with Crippen LogP contribution < -0.4 is 4.74 Å². The number of piperidine rings is 1. The van der Waals surface area contributed by atoms with Crippen molar-refractivity contribution in [3.63, 3.8) is 0 Å². The van der Waals surface area contributed by atoms with Crippen LogP contribution >= 0.6 is 11.3 Å². The van der Waals surface area contributed by atoms with E-state index in [2.05, 4.69) is 0 Å². The molecule has 152 valence electrons. The Bertz CT molecular complexity index is 945. The topological polar surface area (TPSA) is 104 Å². The maximum Gasteiger partial charge on any atom is 0.347 e. The molecule has 2 heterocycles. The Kier molecular flexibility index (Phi) is 5.55. The number of ether oxygens (including phenoxy) is 1. The van der Waals surface area contributed by atoms with E-state index in [1.54, 1.807) is 41.8 Å². The van der Waals surface area contributed by atoms with Crippen molar-refractivity contribution in [3.05, 3.63) is 47.3 Å². The van der Waals surface area contributed by atoms with Crippen molar-refractivity contribution in [1.29, 1.82) is 0 Å². The second kappa shape index (κ2) is 7.47. The smallest absolute Gasteiger partial charge is 0.347 e. The summed E-state index contributed by atoms with van der Waals surface area (Å²) in [5, 5.41) is 22.0. The Morgan fingerprint density at radius 2 is 1.89 bits per heavy atom.